The average molecular weight is 835 g/mol. The van der Waals surface area contributed by atoms with E-state index in [0.717, 1.165) is 54.9 Å². The van der Waals surface area contributed by atoms with Crippen LogP contribution in [0.25, 0.3) is 10.8 Å². The van der Waals surface area contributed by atoms with Gasteiger partial charge in [-0.1, -0.05) is 94.8 Å². The van der Waals surface area contributed by atoms with E-state index >= 15 is 0 Å². The normalized spacial score (nSPS) is 18.5. The third-order valence-corrected chi connectivity index (χ3v) is 12.7. The van der Waals surface area contributed by atoms with Crippen LogP contribution in [0.1, 0.15) is 90.3 Å². The monoisotopic (exact) mass is 834 g/mol. The van der Waals surface area contributed by atoms with Gasteiger partial charge in [0.25, 0.3) is 0 Å². The van der Waals surface area contributed by atoms with Gasteiger partial charge in [0.05, 0.1) is 54.6 Å². The first-order chi connectivity index (χ1) is 28.3. The van der Waals surface area contributed by atoms with Crippen molar-refractivity contribution in [3.05, 3.63) is 64.6 Å². The Labute approximate surface area is 353 Å². The Kier molecular flexibility index (Phi) is 17.7. The summed E-state index contributed by atoms with van der Waals surface area (Å²) in [5.41, 5.74) is 1.72. The van der Waals surface area contributed by atoms with Crippen molar-refractivity contribution in [2.45, 2.75) is 122 Å². The molecule has 0 bridgehead atoms. The number of rotatable bonds is 21. The number of carbonyl (C=O) groups excluding carboxylic acids is 4. The Morgan fingerprint density at radius 3 is 2.32 bits per heavy atom. The Morgan fingerprint density at radius 1 is 0.932 bits per heavy atom. The molecule has 1 saturated carbocycles. The summed E-state index contributed by atoms with van der Waals surface area (Å²) in [4.78, 5) is 62.4. The van der Waals surface area contributed by atoms with Gasteiger partial charge >= 0.3 is 0 Å². The highest BCUT2D eigenvalue weighted by atomic mass is 32.1. The predicted molar refractivity (Wildman–Crippen MR) is 231 cm³/mol. The largest absolute Gasteiger partial charge is 0.391 e. The van der Waals surface area contributed by atoms with Crippen molar-refractivity contribution in [3.8, 4) is 0 Å². The Balaban J connectivity index is 1.39. The van der Waals surface area contributed by atoms with Gasteiger partial charge in [-0.15, -0.1) is 11.3 Å². The number of aromatic nitrogens is 1. The number of benzene rings is 2. The minimum atomic E-state index is -1.44. The summed E-state index contributed by atoms with van der Waals surface area (Å²) < 4.78 is 5.46. The Morgan fingerprint density at radius 2 is 1.63 bits per heavy atom. The van der Waals surface area contributed by atoms with Gasteiger partial charge in [-0.3, -0.25) is 24.1 Å². The molecule has 5 rings (SSSR count). The molecule has 2 fully saturated rings. The van der Waals surface area contributed by atoms with Crippen LogP contribution < -0.4 is 21.3 Å². The van der Waals surface area contributed by atoms with Gasteiger partial charge in [0.2, 0.25) is 23.6 Å². The second-order valence-corrected chi connectivity index (χ2v) is 17.9. The van der Waals surface area contributed by atoms with Crippen molar-refractivity contribution in [2.75, 3.05) is 39.4 Å². The van der Waals surface area contributed by atoms with Crippen LogP contribution in [-0.4, -0.2) is 113 Å². The van der Waals surface area contributed by atoms with Gasteiger partial charge in [-0.2, -0.15) is 0 Å². The molecule has 1 unspecified atom stereocenters. The molecule has 0 radical (unpaired) electrons. The number of nitrogens with zero attached hydrogens (tertiary/aromatic N) is 2. The molecule has 6 N–H and O–H groups in total. The maximum absolute atomic E-state index is 14.5. The maximum Gasteiger partial charge on any atom is 0.243 e. The van der Waals surface area contributed by atoms with Crippen molar-refractivity contribution in [3.63, 3.8) is 0 Å². The average Bonchev–Trinajstić information content (AvgIpc) is 3.74. The molecule has 1 aliphatic carbocycles. The van der Waals surface area contributed by atoms with Crippen molar-refractivity contribution < 1.29 is 34.1 Å². The first-order valence-corrected chi connectivity index (χ1v) is 22.5. The summed E-state index contributed by atoms with van der Waals surface area (Å²) in [6.07, 6.45) is 5.58. The van der Waals surface area contributed by atoms with Gasteiger partial charge < -0.3 is 36.2 Å². The fourth-order valence-electron chi connectivity index (χ4n) is 8.17. The van der Waals surface area contributed by atoms with Crippen LogP contribution in [0, 0.1) is 17.8 Å². The highest BCUT2D eigenvalue weighted by molar-refractivity contribution is 7.07. The predicted octanol–water partition coefficient (Wildman–Crippen LogP) is 4.14. The van der Waals surface area contributed by atoms with E-state index in [-0.39, 0.29) is 49.5 Å². The van der Waals surface area contributed by atoms with Crippen LogP contribution in [-0.2, 0) is 36.8 Å². The molecule has 6 atom stereocenters. The lowest BCUT2D eigenvalue weighted by molar-refractivity contribution is -0.135. The zero-order valence-corrected chi connectivity index (χ0v) is 36.1. The molecule has 0 spiro atoms. The molecule has 2 aromatic carbocycles. The SMILES string of the molecule is CCC(C)CNC(=O)[C@@H](C[C@H](O)[C@H](CC1CCCCC1)NC(=O)[C@H](Cc1cscn1)NC(=O)[C@H](Cc1cccc2ccccc12)NC(=O)CN1CCOCC1)C(C)(C)O. The molecule has 4 amide bonds. The number of fused-ring (bicyclic) bond motifs is 1. The summed E-state index contributed by atoms with van der Waals surface area (Å²) in [7, 11) is 0. The number of hydrogen-bond acceptors (Lipinski definition) is 10. The van der Waals surface area contributed by atoms with Crippen LogP contribution >= 0.6 is 11.3 Å². The van der Waals surface area contributed by atoms with Crippen LogP contribution in [0.5, 0.6) is 0 Å². The second-order valence-electron chi connectivity index (χ2n) is 17.2. The number of morpholine rings is 1. The van der Waals surface area contributed by atoms with Gasteiger partial charge in [-0.25, -0.2) is 4.98 Å². The van der Waals surface area contributed by atoms with Crippen LogP contribution in [0.15, 0.2) is 53.4 Å². The molecule has 1 aromatic heterocycles. The third kappa shape index (κ3) is 14.3. The van der Waals surface area contributed by atoms with Gasteiger partial charge in [0.15, 0.2) is 0 Å². The number of aliphatic hydroxyl groups excluding tert-OH is 1. The summed E-state index contributed by atoms with van der Waals surface area (Å²) in [5, 5.41) is 38.9. The number of aliphatic hydroxyl groups is 2. The quantitative estimate of drug-likeness (QED) is 0.0920. The van der Waals surface area contributed by atoms with Crippen molar-refractivity contribution in [1.82, 2.24) is 31.2 Å². The van der Waals surface area contributed by atoms with E-state index in [1.54, 1.807) is 19.4 Å². The van der Waals surface area contributed by atoms with Gasteiger partial charge in [-0.05, 0) is 54.9 Å². The number of thiazole rings is 1. The van der Waals surface area contributed by atoms with Crippen LogP contribution in [0.3, 0.4) is 0 Å². The van der Waals surface area contributed by atoms with E-state index in [0.29, 0.717) is 45.0 Å². The summed E-state index contributed by atoms with van der Waals surface area (Å²) >= 11 is 1.38. The minimum absolute atomic E-state index is 0.0705. The molecule has 1 saturated heterocycles. The summed E-state index contributed by atoms with van der Waals surface area (Å²) in [6.45, 7) is 10.0. The molecular formula is C45H66N6O7S. The second kappa shape index (κ2) is 22.6. The molecule has 13 nitrogen and oxygen atoms in total. The maximum atomic E-state index is 14.5. The van der Waals surface area contributed by atoms with E-state index < -0.39 is 47.6 Å². The smallest absolute Gasteiger partial charge is 0.243 e. The third-order valence-electron chi connectivity index (χ3n) is 12.0. The highest BCUT2D eigenvalue weighted by Gasteiger charge is 2.39. The fraction of sp³-hybridized carbons (Fsp3) is 0.622. The highest BCUT2D eigenvalue weighted by Crippen LogP contribution is 2.31. The van der Waals surface area contributed by atoms with Crippen molar-refractivity contribution >= 4 is 45.7 Å². The topological polar surface area (TPSA) is 182 Å². The molecule has 3 aromatic rings. The van der Waals surface area contributed by atoms with E-state index in [1.165, 1.54) is 11.3 Å². The summed E-state index contributed by atoms with van der Waals surface area (Å²) in [6, 6.07) is 10.9. The van der Waals surface area contributed by atoms with E-state index in [1.807, 2.05) is 66.6 Å². The summed E-state index contributed by atoms with van der Waals surface area (Å²) in [5.74, 6) is -2.11. The Hall–Kier alpha value is -3.95. The zero-order chi connectivity index (χ0) is 42.4. The number of hydrogen-bond donors (Lipinski definition) is 6. The molecule has 2 heterocycles. The molecule has 14 heteroatoms. The van der Waals surface area contributed by atoms with E-state index in [2.05, 4.69) is 26.3 Å². The molecule has 59 heavy (non-hydrogen) atoms. The molecule has 1 aliphatic heterocycles. The minimum Gasteiger partial charge on any atom is -0.391 e. The van der Waals surface area contributed by atoms with E-state index in [9.17, 15) is 29.4 Å². The standard InChI is InChI=1S/C45H66N6O7S/c1-5-30(2)26-46-42(54)36(45(3,4)57)25-40(52)37(22-31-12-7-6-8-13-31)49-44(56)39(24-34-28-59-29-47-34)50-43(55)38(48-41(53)27-51-18-20-58-21-19-51)23-33-16-11-15-32-14-9-10-17-35(32)33/h9-11,14-17,28-31,36-40,52,57H,5-8,12-13,18-27H2,1-4H3,(H,46,54)(H,48,53)(H,49,56)(H,50,55)/t30?,36-,37+,38+,39+,40+/m1/s1. The first kappa shape index (κ1) is 46.1. The number of ether oxygens (including phenoxy) is 1. The number of carbonyl (C=O) groups is 4. The van der Waals surface area contributed by atoms with Gasteiger partial charge in [0, 0.05) is 37.9 Å². The molecular weight excluding hydrogens is 769 g/mol. The number of nitrogens with one attached hydrogen (secondary N) is 4. The lowest BCUT2D eigenvalue weighted by Gasteiger charge is -2.35. The van der Waals surface area contributed by atoms with Crippen LogP contribution in [0.4, 0.5) is 0 Å². The van der Waals surface area contributed by atoms with Crippen molar-refractivity contribution in [2.24, 2.45) is 17.8 Å². The Bertz CT molecular complexity index is 1790. The lowest BCUT2D eigenvalue weighted by atomic mass is 9.80. The zero-order valence-electron chi connectivity index (χ0n) is 35.3. The van der Waals surface area contributed by atoms with Crippen molar-refractivity contribution in [1.29, 1.82) is 0 Å². The number of amides is 4. The molecule has 2 aliphatic rings. The fourth-order valence-corrected chi connectivity index (χ4v) is 8.74. The molecule has 324 valence electrons. The van der Waals surface area contributed by atoms with E-state index in [4.69, 9.17) is 4.74 Å². The first-order valence-electron chi connectivity index (χ1n) is 21.5. The van der Waals surface area contributed by atoms with Gasteiger partial charge in [0.1, 0.15) is 12.1 Å². The van der Waals surface area contributed by atoms with Crippen LogP contribution in [0.2, 0.25) is 0 Å². The lowest BCUT2D eigenvalue weighted by Crippen LogP contribution is -2.58.